The van der Waals surface area contributed by atoms with Gasteiger partial charge in [-0.15, -0.1) is 0 Å². The van der Waals surface area contributed by atoms with E-state index in [0.29, 0.717) is 47.2 Å². The molecule has 5 rings (SSSR count). The molecule has 2 fully saturated rings. The van der Waals surface area contributed by atoms with Crippen molar-refractivity contribution in [2.45, 2.75) is 25.7 Å². The average molecular weight is 528 g/mol. The van der Waals surface area contributed by atoms with Crippen LogP contribution in [0.15, 0.2) is 36.4 Å². The first-order chi connectivity index (χ1) is 18.0. The zero-order chi connectivity index (χ0) is 25.8. The topological polar surface area (TPSA) is 92.0 Å². The Morgan fingerprint density at radius 3 is 2.65 bits per heavy atom. The minimum Gasteiger partial charge on any atom is -0.379 e. The average Bonchev–Trinajstić information content (AvgIpc) is 3.34. The number of nitro benzene ring substituents is 1. The smallest absolute Gasteiger partial charge is 0.293 e. The lowest BCUT2D eigenvalue weighted by atomic mass is 10.1. The molecule has 3 heterocycles. The monoisotopic (exact) mass is 527 g/mol. The first-order valence-corrected chi connectivity index (χ1v) is 13.5. The van der Waals surface area contributed by atoms with E-state index in [1.165, 1.54) is 29.5 Å². The molecule has 2 saturated heterocycles. The number of ether oxygens (including phenoxy) is 1. The van der Waals surface area contributed by atoms with Gasteiger partial charge in [0.25, 0.3) is 11.6 Å². The highest BCUT2D eigenvalue weighted by Gasteiger charge is 2.27. The van der Waals surface area contributed by atoms with Gasteiger partial charge in [-0.1, -0.05) is 11.3 Å². The number of amides is 1. The molecule has 11 heteroatoms. The third-order valence-electron chi connectivity index (χ3n) is 6.89. The van der Waals surface area contributed by atoms with Crippen molar-refractivity contribution >= 4 is 44.0 Å². The Kier molecular flexibility index (Phi) is 7.92. The minimum atomic E-state index is -0.413. The number of thiazole rings is 1. The standard InChI is InChI=1S/C26H30FN5O4S/c27-20-6-7-21-24(18-20)37-26(28-21)31(12-4-9-29-13-15-36-16-14-29)25(33)19-5-8-22(23(17-19)32(34)35)30-10-2-1-3-11-30/h5-8,17-18H,1-4,9-16H2. The zero-order valence-electron chi connectivity index (χ0n) is 20.6. The van der Waals surface area contributed by atoms with Gasteiger partial charge in [-0.25, -0.2) is 9.37 Å². The molecule has 37 heavy (non-hydrogen) atoms. The van der Waals surface area contributed by atoms with E-state index in [-0.39, 0.29) is 23.0 Å². The van der Waals surface area contributed by atoms with Crippen molar-refractivity contribution in [1.29, 1.82) is 0 Å². The number of nitrogens with zero attached hydrogens (tertiary/aromatic N) is 5. The molecule has 2 aliphatic rings. The van der Waals surface area contributed by atoms with Crippen LogP contribution in [0.5, 0.6) is 0 Å². The molecule has 3 aromatic rings. The largest absolute Gasteiger partial charge is 0.379 e. The van der Waals surface area contributed by atoms with Gasteiger partial charge in [0.1, 0.15) is 11.5 Å². The van der Waals surface area contributed by atoms with Gasteiger partial charge in [0.2, 0.25) is 0 Å². The SMILES string of the molecule is O=C(c1ccc(N2CCCCC2)c([N+](=O)[O-])c1)N(CCCN1CCOCC1)c1nc2ccc(F)cc2s1. The van der Waals surface area contributed by atoms with Gasteiger partial charge in [0.05, 0.1) is 28.4 Å². The molecule has 2 aliphatic heterocycles. The van der Waals surface area contributed by atoms with Crippen LogP contribution in [0.1, 0.15) is 36.0 Å². The second-order valence-electron chi connectivity index (χ2n) is 9.38. The fourth-order valence-corrected chi connectivity index (χ4v) is 5.94. The molecule has 1 aromatic heterocycles. The Hall–Kier alpha value is -3.15. The Morgan fingerprint density at radius 2 is 1.89 bits per heavy atom. The highest BCUT2D eigenvalue weighted by molar-refractivity contribution is 7.22. The van der Waals surface area contributed by atoms with Crippen LogP contribution in [0.3, 0.4) is 0 Å². The van der Waals surface area contributed by atoms with Crippen molar-refractivity contribution in [3.05, 3.63) is 57.9 Å². The first kappa shape index (κ1) is 25.5. The van der Waals surface area contributed by atoms with Crippen LogP contribution >= 0.6 is 11.3 Å². The Labute approximate surface area is 218 Å². The van der Waals surface area contributed by atoms with Crippen LogP contribution in [0.25, 0.3) is 10.2 Å². The maximum absolute atomic E-state index is 13.8. The molecule has 2 aromatic carbocycles. The molecule has 9 nitrogen and oxygen atoms in total. The lowest BCUT2D eigenvalue weighted by molar-refractivity contribution is -0.384. The van der Waals surface area contributed by atoms with Crippen molar-refractivity contribution in [1.82, 2.24) is 9.88 Å². The van der Waals surface area contributed by atoms with Gasteiger partial charge in [-0.3, -0.25) is 24.7 Å². The summed E-state index contributed by atoms with van der Waals surface area (Å²) in [6.07, 6.45) is 3.80. The van der Waals surface area contributed by atoms with Crippen molar-refractivity contribution in [2.75, 3.05) is 62.3 Å². The number of carbonyl (C=O) groups excluding carboxylic acids is 1. The normalized spacial score (nSPS) is 16.7. The molecule has 0 saturated carbocycles. The summed E-state index contributed by atoms with van der Waals surface area (Å²) in [5, 5.41) is 12.4. The zero-order valence-corrected chi connectivity index (χ0v) is 21.4. The molecular weight excluding hydrogens is 497 g/mol. The van der Waals surface area contributed by atoms with Crippen molar-refractivity contribution < 1.29 is 18.8 Å². The summed E-state index contributed by atoms with van der Waals surface area (Å²) in [7, 11) is 0. The van der Waals surface area contributed by atoms with Crippen LogP contribution in [0.4, 0.5) is 20.9 Å². The van der Waals surface area contributed by atoms with E-state index < -0.39 is 4.92 Å². The second-order valence-corrected chi connectivity index (χ2v) is 10.4. The summed E-state index contributed by atoms with van der Waals surface area (Å²) in [5.74, 6) is -0.716. The molecule has 0 bridgehead atoms. The molecule has 0 radical (unpaired) electrons. The van der Waals surface area contributed by atoms with Crippen LogP contribution in [-0.2, 0) is 4.74 Å². The van der Waals surface area contributed by atoms with Gasteiger partial charge in [-0.05, 0) is 56.0 Å². The molecule has 0 atom stereocenters. The number of fused-ring (bicyclic) bond motifs is 1. The minimum absolute atomic E-state index is 0.0626. The Morgan fingerprint density at radius 1 is 1.11 bits per heavy atom. The maximum atomic E-state index is 13.8. The fraction of sp³-hybridized carbons (Fsp3) is 0.462. The van der Waals surface area contributed by atoms with Crippen LogP contribution in [-0.4, -0.2) is 73.2 Å². The highest BCUT2D eigenvalue weighted by Crippen LogP contribution is 2.34. The van der Waals surface area contributed by atoms with E-state index in [2.05, 4.69) is 9.88 Å². The quantitative estimate of drug-likeness (QED) is 0.310. The summed E-state index contributed by atoms with van der Waals surface area (Å²) in [6.45, 7) is 5.80. The third-order valence-corrected chi connectivity index (χ3v) is 7.93. The number of halogens is 1. The number of aromatic nitrogens is 1. The van der Waals surface area contributed by atoms with Crippen molar-refractivity contribution in [3.63, 3.8) is 0 Å². The second kappa shape index (κ2) is 11.5. The number of anilines is 2. The van der Waals surface area contributed by atoms with Gasteiger partial charge in [-0.2, -0.15) is 0 Å². The molecule has 1 amide bonds. The van der Waals surface area contributed by atoms with Gasteiger partial charge in [0, 0.05) is 50.9 Å². The molecule has 0 spiro atoms. The van der Waals surface area contributed by atoms with Crippen LogP contribution in [0.2, 0.25) is 0 Å². The fourth-order valence-electron chi connectivity index (χ4n) is 4.92. The van der Waals surface area contributed by atoms with Crippen molar-refractivity contribution in [2.24, 2.45) is 0 Å². The number of morpholine rings is 1. The number of hydrogen-bond donors (Lipinski definition) is 0. The lowest BCUT2D eigenvalue weighted by Gasteiger charge is -2.29. The first-order valence-electron chi connectivity index (χ1n) is 12.7. The Balaban J connectivity index is 1.43. The summed E-state index contributed by atoms with van der Waals surface area (Å²) in [5.41, 5.74) is 1.34. The predicted octanol–water partition coefficient (Wildman–Crippen LogP) is 4.70. The van der Waals surface area contributed by atoms with Gasteiger partial charge in [0.15, 0.2) is 5.13 Å². The molecule has 0 aliphatic carbocycles. The van der Waals surface area contributed by atoms with E-state index in [0.717, 1.165) is 52.0 Å². The van der Waals surface area contributed by atoms with Gasteiger partial charge >= 0.3 is 0 Å². The van der Waals surface area contributed by atoms with Crippen molar-refractivity contribution in [3.8, 4) is 0 Å². The van der Waals surface area contributed by atoms with E-state index in [9.17, 15) is 19.3 Å². The number of piperidine rings is 1. The number of benzene rings is 2. The summed E-state index contributed by atoms with van der Waals surface area (Å²) < 4.78 is 19.9. The van der Waals surface area contributed by atoms with Gasteiger partial charge < -0.3 is 9.64 Å². The maximum Gasteiger partial charge on any atom is 0.293 e. The summed E-state index contributed by atoms with van der Waals surface area (Å²) >= 11 is 1.24. The van der Waals surface area contributed by atoms with Crippen LogP contribution < -0.4 is 9.80 Å². The number of nitro groups is 1. The van der Waals surface area contributed by atoms with E-state index >= 15 is 0 Å². The number of carbonyl (C=O) groups is 1. The van der Waals surface area contributed by atoms with E-state index in [1.54, 1.807) is 23.1 Å². The highest BCUT2D eigenvalue weighted by atomic mass is 32.1. The van der Waals surface area contributed by atoms with E-state index in [4.69, 9.17) is 4.74 Å². The summed E-state index contributed by atoms with van der Waals surface area (Å²) in [4.78, 5) is 35.8. The third kappa shape index (κ3) is 5.89. The molecular formula is C26H30FN5O4S. The summed E-state index contributed by atoms with van der Waals surface area (Å²) in [6, 6.07) is 9.09. The van der Waals surface area contributed by atoms with E-state index in [1.807, 2.05) is 4.90 Å². The number of rotatable bonds is 8. The predicted molar refractivity (Wildman–Crippen MR) is 142 cm³/mol. The molecule has 196 valence electrons. The lowest BCUT2D eigenvalue weighted by Crippen LogP contribution is -2.39. The molecule has 0 unspecified atom stereocenters. The Bertz CT molecular complexity index is 1270. The molecule has 0 N–H and O–H groups in total. The van der Waals surface area contributed by atoms with Crippen LogP contribution in [0, 0.1) is 15.9 Å². The number of hydrogen-bond acceptors (Lipinski definition) is 8.